The second kappa shape index (κ2) is 5.98. The quantitative estimate of drug-likeness (QED) is 0.600. The molecule has 1 saturated carbocycles. The number of nitrogens with one attached hydrogen (secondary N) is 1. The first-order chi connectivity index (χ1) is 6.74. The lowest BCUT2D eigenvalue weighted by atomic mass is 9.81. The minimum Gasteiger partial charge on any atom is -0.480 e. The molecule has 0 bridgehead atoms. The van der Waals surface area contributed by atoms with E-state index in [1.54, 1.807) is 7.11 Å². The third-order valence-electron chi connectivity index (χ3n) is 2.79. The standard InChI is InChI=1S/C10H19NO3/c1-14-6-5-11-9(10(12)13)7-8-3-2-4-8/h8-9,11H,2-7H2,1H3,(H,12,13). The van der Waals surface area contributed by atoms with Gasteiger partial charge < -0.3 is 15.2 Å². The monoisotopic (exact) mass is 201 g/mol. The SMILES string of the molecule is COCCNC(CC1CCC1)C(=O)O. The Kier molecular flexibility index (Phi) is 4.90. The maximum absolute atomic E-state index is 10.9. The zero-order chi connectivity index (χ0) is 10.4. The Bertz CT molecular complexity index is 180. The summed E-state index contributed by atoms with van der Waals surface area (Å²) in [4.78, 5) is 10.9. The van der Waals surface area contributed by atoms with Crippen LogP contribution in [0.2, 0.25) is 0 Å². The number of methoxy groups -OCH3 is 1. The first-order valence-electron chi connectivity index (χ1n) is 5.19. The van der Waals surface area contributed by atoms with E-state index in [0.717, 1.165) is 6.42 Å². The molecule has 1 aliphatic carbocycles. The summed E-state index contributed by atoms with van der Waals surface area (Å²) in [6.45, 7) is 1.18. The van der Waals surface area contributed by atoms with E-state index in [9.17, 15) is 4.79 Å². The van der Waals surface area contributed by atoms with E-state index in [1.807, 2.05) is 0 Å². The van der Waals surface area contributed by atoms with Gasteiger partial charge in [0.1, 0.15) is 6.04 Å². The molecule has 1 unspecified atom stereocenters. The Morgan fingerprint density at radius 2 is 2.36 bits per heavy atom. The molecule has 1 atom stereocenters. The zero-order valence-electron chi connectivity index (χ0n) is 8.66. The normalized spacial score (nSPS) is 18.9. The number of carboxylic acid groups (broad SMARTS) is 1. The smallest absolute Gasteiger partial charge is 0.320 e. The molecule has 0 aromatic heterocycles. The van der Waals surface area contributed by atoms with Crippen LogP contribution in [0, 0.1) is 5.92 Å². The fraction of sp³-hybridized carbons (Fsp3) is 0.900. The van der Waals surface area contributed by atoms with Crippen LogP contribution in [0.1, 0.15) is 25.7 Å². The van der Waals surface area contributed by atoms with Gasteiger partial charge in [0.25, 0.3) is 0 Å². The lowest BCUT2D eigenvalue weighted by molar-refractivity contribution is -0.140. The lowest BCUT2D eigenvalue weighted by Crippen LogP contribution is -2.40. The molecule has 4 nitrogen and oxygen atoms in total. The predicted octanol–water partition coefficient (Wildman–Crippen LogP) is 0.866. The van der Waals surface area contributed by atoms with Gasteiger partial charge in [0.2, 0.25) is 0 Å². The van der Waals surface area contributed by atoms with Gasteiger partial charge in [-0.15, -0.1) is 0 Å². The lowest BCUT2D eigenvalue weighted by Gasteiger charge is -2.28. The molecule has 4 heteroatoms. The fourth-order valence-electron chi connectivity index (χ4n) is 1.67. The summed E-state index contributed by atoms with van der Waals surface area (Å²) in [6, 6.07) is -0.393. The van der Waals surface area contributed by atoms with Crippen molar-refractivity contribution < 1.29 is 14.6 Å². The molecular formula is C10H19NO3. The molecule has 0 aromatic carbocycles. The summed E-state index contributed by atoms with van der Waals surface area (Å²) in [5.74, 6) is -0.126. The highest BCUT2D eigenvalue weighted by Crippen LogP contribution is 2.30. The van der Waals surface area contributed by atoms with Gasteiger partial charge in [-0.2, -0.15) is 0 Å². The summed E-state index contributed by atoms with van der Waals surface area (Å²) >= 11 is 0. The molecule has 82 valence electrons. The Morgan fingerprint density at radius 3 is 2.79 bits per heavy atom. The van der Waals surface area contributed by atoms with Crippen LogP contribution in [-0.2, 0) is 9.53 Å². The van der Waals surface area contributed by atoms with Crippen LogP contribution in [0.15, 0.2) is 0 Å². The Morgan fingerprint density at radius 1 is 1.64 bits per heavy atom. The average Bonchev–Trinajstić information content (AvgIpc) is 2.07. The number of aliphatic carboxylic acids is 1. The Labute approximate surface area is 84.6 Å². The molecule has 0 aromatic rings. The van der Waals surface area contributed by atoms with Crippen molar-refractivity contribution in [2.24, 2.45) is 5.92 Å². The van der Waals surface area contributed by atoms with Gasteiger partial charge in [-0.05, 0) is 12.3 Å². The van der Waals surface area contributed by atoms with Crippen molar-refractivity contribution in [1.82, 2.24) is 5.32 Å². The van der Waals surface area contributed by atoms with Crippen molar-refractivity contribution in [3.63, 3.8) is 0 Å². The van der Waals surface area contributed by atoms with Crippen LogP contribution in [0.3, 0.4) is 0 Å². The maximum Gasteiger partial charge on any atom is 0.320 e. The molecule has 0 saturated heterocycles. The van der Waals surface area contributed by atoms with E-state index in [1.165, 1.54) is 19.3 Å². The summed E-state index contributed by atoms with van der Waals surface area (Å²) in [5, 5.41) is 11.9. The number of hydrogen-bond donors (Lipinski definition) is 2. The first kappa shape index (κ1) is 11.5. The number of carbonyl (C=O) groups is 1. The van der Waals surface area contributed by atoms with Crippen LogP contribution in [0.25, 0.3) is 0 Å². The number of carboxylic acids is 1. The van der Waals surface area contributed by atoms with Crippen molar-refractivity contribution in [3.05, 3.63) is 0 Å². The number of hydrogen-bond acceptors (Lipinski definition) is 3. The minimum absolute atomic E-state index is 0.393. The maximum atomic E-state index is 10.9. The highest BCUT2D eigenvalue weighted by Gasteiger charge is 2.25. The highest BCUT2D eigenvalue weighted by molar-refractivity contribution is 5.73. The van der Waals surface area contributed by atoms with E-state index in [-0.39, 0.29) is 0 Å². The van der Waals surface area contributed by atoms with E-state index < -0.39 is 12.0 Å². The summed E-state index contributed by atoms with van der Waals surface area (Å²) in [5.41, 5.74) is 0. The van der Waals surface area contributed by atoms with Crippen molar-refractivity contribution in [2.75, 3.05) is 20.3 Å². The third-order valence-corrected chi connectivity index (χ3v) is 2.79. The van der Waals surface area contributed by atoms with Gasteiger partial charge in [-0.3, -0.25) is 4.79 Å². The topological polar surface area (TPSA) is 58.6 Å². The molecule has 2 N–H and O–H groups in total. The van der Waals surface area contributed by atoms with Gasteiger partial charge in [-0.1, -0.05) is 19.3 Å². The number of rotatable bonds is 7. The molecule has 0 radical (unpaired) electrons. The average molecular weight is 201 g/mol. The summed E-state index contributed by atoms with van der Waals surface area (Å²) in [6.07, 6.45) is 4.40. The molecule has 0 heterocycles. The Hall–Kier alpha value is -0.610. The fourth-order valence-corrected chi connectivity index (χ4v) is 1.67. The Balaban J connectivity index is 2.19. The summed E-state index contributed by atoms with van der Waals surface area (Å²) in [7, 11) is 1.61. The highest BCUT2D eigenvalue weighted by atomic mass is 16.5. The predicted molar refractivity (Wildman–Crippen MR) is 53.3 cm³/mol. The third kappa shape index (κ3) is 3.64. The second-order valence-electron chi connectivity index (χ2n) is 3.87. The molecule has 1 aliphatic rings. The molecule has 1 rings (SSSR count). The van der Waals surface area contributed by atoms with Gasteiger partial charge in [0.15, 0.2) is 0 Å². The number of ether oxygens (including phenoxy) is 1. The van der Waals surface area contributed by atoms with Crippen LogP contribution < -0.4 is 5.32 Å². The van der Waals surface area contributed by atoms with Crippen LogP contribution in [-0.4, -0.2) is 37.4 Å². The van der Waals surface area contributed by atoms with Crippen molar-refractivity contribution in [1.29, 1.82) is 0 Å². The van der Waals surface area contributed by atoms with Gasteiger partial charge in [0, 0.05) is 13.7 Å². The van der Waals surface area contributed by atoms with Crippen LogP contribution in [0.4, 0.5) is 0 Å². The van der Waals surface area contributed by atoms with Gasteiger partial charge in [-0.25, -0.2) is 0 Å². The van der Waals surface area contributed by atoms with Crippen molar-refractivity contribution >= 4 is 5.97 Å². The molecule has 0 aliphatic heterocycles. The van der Waals surface area contributed by atoms with E-state index in [0.29, 0.717) is 19.1 Å². The molecule has 0 amide bonds. The van der Waals surface area contributed by atoms with Gasteiger partial charge in [0.05, 0.1) is 6.61 Å². The minimum atomic E-state index is -0.743. The van der Waals surface area contributed by atoms with Gasteiger partial charge >= 0.3 is 5.97 Å². The summed E-state index contributed by atoms with van der Waals surface area (Å²) < 4.78 is 4.86. The second-order valence-corrected chi connectivity index (χ2v) is 3.87. The molecular weight excluding hydrogens is 182 g/mol. The van der Waals surface area contributed by atoms with Crippen molar-refractivity contribution in [3.8, 4) is 0 Å². The van der Waals surface area contributed by atoms with E-state index >= 15 is 0 Å². The first-order valence-corrected chi connectivity index (χ1v) is 5.19. The zero-order valence-corrected chi connectivity index (χ0v) is 8.66. The molecule has 14 heavy (non-hydrogen) atoms. The largest absolute Gasteiger partial charge is 0.480 e. The van der Waals surface area contributed by atoms with Crippen molar-refractivity contribution in [2.45, 2.75) is 31.7 Å². The molecule has 0 spiro atoms. The van der Waals surface area contributed by atoms with E-state index in [4.69, 9.17) is 9.84 Å². The molecule has 1 fully saturated rings. The van der Waals surface area contributed by atoms with E-state index in [2.05, 4.69) is 5.32 Å². The van der Waals surface area contributed by atoms with Crippen LogP contribution in [0.5, 0.6) is 0 Å². The van der Waals surface area contributed by atoms with Crippen LogP contribution >= 0.6 is 0 Å².